The lowest BCUT2D eigenvalue weighted by atomic mass is 9.93. The van der Waals surface area contributed by atoms with Gasteiger partial charge in [0.05, 0.1) is 13.3 Å². The standard InChI is InChI=1S/C15H19N3O5S/c1-17-10-12(9-16-17)11-5-7-18(8-6-11)24(20,21)14-4-3-13(23-14)15(19)22-2/h3-4,9-11H,5-8H2,1-2H3. The molecule has 0 atom stereocenters. The molecule has 0 aliphatic carbocycles. The second-order valence-corrected chi connectivity index (χ2v) is 7.60. The number of hydrogen-bond acceptors (Lipinski definition) is 6. The fourth-order valence-electron chi connectivity index (χ4n) is 2.88. The second-order valence-electron chi connectivity index (χ2n) is 5.74. The Hall–Kier alpha value is -2.13. The number of esters is 1. The maximum absolute atomic E-state index is 12.6. The van der Waals surface area contributed by atoms with Crippen molar-refractivity contribution in [1.82, 2.24) is 14.1 Å². The summed E-state index contributed by atoms with van der Waals surface area (Å²) in [6.45, 7) is 0.798. The second kappa shape index (κ2) is 6.40. The minimum absolute atomic E-state index is 0.124. The van der Waals surface area contributed by atoms with Gasteiger partial charge in [0, 0.05) is 26.3 Å². The number of aryl methyl sites for hydroxylation is 1. The molecule has 1 fully saturated rings. The number of carbonyl (C=O) groups is 1. The lowest BCUT2D eigenvalue weighted by molar-refractivity contribution is 0.0558. The Morgan fingerprint density at radius 1 is 1.33 bits per heavy atom. The molecule has 130 valence electrons. The summed E-state index contributed by atoms with van der Waals surface area (Å²) in [6.07, 6.45) is 5.22. The zero-order chi connectivity index (χ0) is 17.3. The van der Waals surface area contributed by atoms with Crippen molar-refractivity contribution in [3.05, 3.63) is 35.9 Å². The van der Waals surface area contributed by atoms with Gasteiger partial charge < -0.3 is 9.15 Å². The van der Waals surface area contributed by atoms with E-state index in [4.69, 9.17) is 4.42 Å². The van der Waals surface area contributed by atoms with E-state index in [9.17, 15) is 13.2 Å². The Morgan fingerprint density at radius 2 is 2.04 bits per heavy atom. The highest BCUT2D eigenvalue weighted by atomic mass is 32.2. The van der Waals surface area contributed by atoms with Crippen molar-refractivity contribution < 1.29 is 22.4 Å². The first kappa shape index (κ1) is 16.7. The van der Waals surface area contributed by atoms with Crippen LogP contribution in [0.5, 0.6) is 0 Å². The molecule has 0 saturated carbocycles. The maximum Gasteiger partial charge on any atom is 0.374 e. The first-order valence-electron chi connectivity index (χ1n) is 7.58. The van der Waals surface area contributed by atoms with Crippen LogP contribution in [-0.2, 0) is 21.8 Å². The van der Waals surface area contributed by atoms with Crippen molar-refractivity contribution in [2.24, 2.45) is 7.05 Å². The summed E-state index contributed by atoms with van der Waals surface area (Å²) < 4.78 is 38.1. The molecule has 3 rings (SSSR count). The first-order chi connectivity index (χ1) is 11.4. The minimum atomic E-state index is -3.75. The molecule has 1 aliphatic rings. The molecular formula is C15H19N3O5S. The summed E-state index contributed by atoms with van der Waals surface area (Å²) in [4.78, 5) is 11.4. The Labute approximate surface area is 140 Å². The van der Waals surface area contributed by atoms with Gasteiger partial charge in [0.1, 0.15) is 0 Å². The number of aromatic nitrogens is 2. The van der Waals surface area contributed by atoms with Gasteiger partial charge >= 0.3 is 5.97 Å². The number of carbonyl (C=O) groups excluding carboxylic acids is 1. The average Bonchev–Trinajstić information content (AvgIpc) is 3.24. The van der Waals surface area contributed by atoms with Crippen molar-refractivity contribution in [2.45, 2.75) is 23.9 Å². The minimum Gasteiger partial charge on any atom is -0.463 e. The lowest BCUT2D eigenvalue weighted by Crippen LogP contribution is -2.37. The number of piperidine rings is 1. The summed E-state index contributed by atoms with van der Waals surface area (Å²) in [5.74, 6) is -0.527. The van der Waals surface area contributed by atoms with Crippen LogP contribution in [0.15, 0.2) is 34.0 Å². The normalized spacial score (nSPS) is 17.1. The Kier molecular flexibility index (Phi) is 4.46. The van der Waals surface area contributed by atoms with E-state index in [-0.39, 0.29) is 10.9 Å². The number of rotatable bonds is 4. The molecule has 0 unspecified atom stereocenters. The molecule has 0 N–H and O–H groups in total. The highest BCUT2D eigenvalue weighted by molar-refractivity contribution is 7.89. The zero-order valence-electron chi connectivity index (χ0n) is 13.5. The maximum atomic E-state index is 12.6. The van der Waals surface area contributed by atoms with Crippen LogP contribution in [-0.4, -0.2) is 48.7 Å². The Bertz CT molecular complexity index is 831. The zero-order valence-corrected chi connectivity index (χ0v) is 14.3. The van der Waals surface area contributed by atoms with E-state index in [0.717, 1.165) is 18.4 Å². The molecule has 24 heavy (non-hydrogen) atoms. The van der Waals surface area contributed by atoms with Crippen molar-refractivity contribution in [3.8, 4) is 0 Å². The topological polar surface area (TPSA) is 94.6 Å². The molecule has 0 bridgehead atoms. The van der Waals surface area contributed by atoms with Crippen LogP contribution in [0.1, 0.15) is 34.9 Å². The van der Waals surface area contributed by atoms with Crippen LogP contribution >= 0.6 is 0 Å². The molecule has 1 saturated heterocycles. The number of methoxy groups -OCH3 is 1. The Balaban J connectivity index is 1.70. The fourth-order valence-corrected chi connectivity index (χ4v) is 4.26. The number of nitrogens with zero attached hydrogens (tertiary/aromatic N) is 3. The summed E-state index contributed by atoms with van der Waals surface area (Å²) in [7, 11) is -0.675. The van der Waals surface area contributed by atoms with Gasteiger partial charge in [-0.25, -0.2) is 13.2 Å². The summed E-state index contributed by atoms with van der Waals surface area (Å²) in [5, 5.41) is 3.93. The molecule has 2 aromatic heterocycles. The molecular weight excluding hydrogens is 334 g/mol. The van der Waals surface area contributed by atoms with E-state index >= 15 is 0 Å². The van der Waals surface area contributed by atoms with Crippen LogP contribution in [0.3, 0.4) is 0 Å². The van der Waals surface area contributed by atoms with Crippen molar-refractivity contribution in [3.63, 3.8) is 0 Å². The van der Waals surface area contributed by atoms with E-state index in [1.165, 1.54) is 23.5 Å². The SMILES string of the molecule is COC(=O)c1ccc(S(=O)(=O)N2CCC(c3cnn(C)c3)CC2)o1. The third kappa shape index (κ3) is 3.09. The molecule has 8 nitrogen and oxygen atoms in total. The van der Waals surface area contributed by atoms with Crippen LogP contribution in [0.4, 0.5) is 0 Å². The third-order valence-corrected chi connectivity index (χ3v) is 5.99. The summed E-state index contributed by atoms with van der Waals surface area (Å²) >= 11 is 0. The number of ether oxygens (including phenoxy) is 1. The van der Waals surface area contributed by atoms with Crippen molar-refractivity contribution in [1.29, 1.82) is 0 Å². The van der Waals surface area contributed by atoms with Gasteiger partial charge in [-0.05, 0) is 36.5 Å². The molecule has 0 radical (unpaired) electrons. The molecule has 1 aliphatic heterocycles. The highest BCUT2D eigenvalue weighted by Crippen LogP contribution is 2.30. The van der Waals surface area contributed by atoms with E-state index in [1.54, 1.807) is 4.68 Å². The molecule has 2 aromatic rings. The highest BCUT2D eigenvalue weighted by Gasteiger charge is 2.33. The van der Waals surface area contributed by atoms with Crippen molar-refractivity contribution >= 4 is 16.0 Å². The summed E-state index contributed by atoms with van der Waals surface area (Å²) in [6, 6.07) is 2.59. The largest absolute Gasteiger partial charge is 0.463 e. The van der Waals surface area contributed by atoms with Gasteiger partial charge in [-0.3, -0.25) is 4.68 Å². The average molecular weight is 353 g/mol. The predicted molar refractivity (Wildman–Crippen MR) is 84.0 cm³/mol. The molecule has 9 heteroatoms. The van der Waals surface area contributed by atoms with E-state index < -0.39 is 16.0 Å². The van der Waals surface area contributed by atoms with Gasteiger partial charge in [0.25, 0.3) is 10.0 Å². The Morgan fingerprint density at radius 3 is 2.62 bits per heavy atom. The van der Waals surface area contributed by atoms with E-state index in [2.05, 4.69) is 9.84 Å². The number of furan rings is 1. The van der Waals surface area contributed by atoms with Gasteiger partial charge in [-0.1, -0.05) is 0 Å². The molecule has 0 aromatic carbocycles. The fraction of sp³-hybridized carbons (Fsp3) is 0.467. The quantitative estimate of drug-likeness (QED) is 0.771. The molecule has 0 amide bonds. The monoisotopic (exact) mass is 353 g/mol. The predicted octanol–water partition coefficient (Wildman–Crippen LogP) is 1.37. The van der Waals surface area contributed by atoms with E-state index in [1.807, 2.05) is 19.4 Å². The van der Waals surface area contributed by atoms with Crippen molar-refractivity contribution in [2.75, 3.05) is 20.2 Å². The molecule has 0 spiro atoms. The van der Waals surface area contributed by atoms with Gasteiger partial charge in [-0.2, -0.15) is 9.40 Å². The molecule has 3 heterocycles. The van der Waals surface area contributed by atoms with Crippen LogP contribution in [0.2, 0.25) is 0 Å². The van der Waals surface area contributed by atoms with Gasteiger partial charge in [0.15, 0.2) is 0 Å². The van der Waals surface area contributed by atoms with Crippen LogP contribution in [0.25, 0.3) is 0 Å². The van der Waals surface area contributed by atoms with E-state index in [0.29, 0.717) is 19.0 Å². The van der Waals surface area contributed by atoms with Crippen LogP contribution < -0.4 is 0 Å². The first-order valence-corrected chi connectivity index (χ1v) is 9.02. The number of sulfonamides is 1. The smallest absolute Gasteiger partial charge is 0.374 e. The lowest BCUT2D eigenvalue weighted by Gasteiger charge is -2.30. The van der Waals surface area contributed by atoms with Crippen LogP contribution in [0, 0.1) is 0 Å². The number of hydrogen-bond donors (Lipinski definition) is 0. The summed E-state index contributed by atoms with van der Waals surface area (Å²) in [5.41, 5.74) is 1.13. The van der Waals surface area contributed by atoms with Gasteiger partial charge in [-0.15, -0.1) is 0 Å². The van der Waals surface area contributed by atoms with Gasteiger partial charge in [0.2, 0.25) is 10.9 Å². The third-order valence-electron chi connectivity index (χ3n) is 4.21.